The molecule has 174 valence electrons. The summed E-state index contributed by atoms with van der Waals surface area (Å²) in [6, 6.07) is 8.11. The Morgan fingerprint density at radius 1 is 1.28 bits per heavy atom. The highest BCUT2D eigenvalue weighted by molar-refractivity contribution is 5.79. The van der Waals surface area contributed by atoms with Gasteiger partial charge in [-0.15, -0.1) is 0 Å². The lowest BCUT2D eigenvalue weighted by atomic mass is 10.1. The summed E-state index contributed by atoms with van der Waals surface area (Å²) in [5.41, 5.74) is 1.36. The summed E-state index contributed by atoms with van der Waals surface area (Å²) in [5, 5.41) is 11.8. The quantitative estimate of drug-likeness (QED) is 0.416. The van der Waals surface area contributed by atoms with Crippen LogP contribution in [0, 0.1) is 0 Å². The highest BCUT2D eigenvalue weighted by Crippen LogP contribution is 2.33. The zero-order valence-electron chi connectivity index (χ0n) is 18.4. The van der Waals surface area contributed by atoms with Crippen molar-refractivity contribution in [2.75, 3.05) is 13.1 Å². The molecule has 0 bridgehead atoms. The molecule has 9 heteroatoms. The molecule has 3 rings (SSSR count). The van der Waals surface area contributed by atoms with Crippen LogP contribution >= 0.6 is 0 Å². The molecule has 0 spiro atoms. The van der Waals surface area contributed by atoms with E-state index in [9.17, 15) is 19.5 Å². The smallest absolute Gasteiger partial charge is 0.408 e. The van der Waals surface area contributed by atoms with Gasteiger partial charge >= 0.3 is 12.1 Å². The van der Waals surface area contributed by atoms with E-state index in [-0.39, 0.29) is 25.2 Å². The molecular weight excluding hydrogens is 416 g/mol. The van der Waals surface area contributed by atoms with Crippen molar-refractivity contribution in [1.29, 1.82) is 0 Å². The largest absolute Gasteiger partial charge is 0.480 e. The maximum Gasteiger partial charge on any atom is 0.408 e. The molecule has 2 heterocycles. The first-order valence-electron chi connectivity index (χ1n) is 10.7. The number of carboxylic acids is 1. The van der Waals surface area contributed by atoms with Crippen LogP contribution in [0.5, 0.6) is 0 Å². The van der Waals surface area contributed by atoms with Gasteiger partial charge in [-0.2, -0.15) is 0 Å². The predicted molar refractivity (Wildman–Crippen MR) is 115 cm³/mol. The second-order valence-corrected chi connectivity index (χ2v) is 8.39. The molecule has 1 saturated heterocycles. The second-order valence-electron chi connectivity index (χ2n) is 8.39. The Morgan fingerprint density at radius 3 is 2.72 bits per heavy atom. The van der Waals surface area contributed by atoms with E-state index >= 15 is 0 Å². The number of hydrogen-bond donors (Lipinski definition) is 2. The van der Waals surface area contributed by atoms with Crippen molar-refractivity contribution < 1.29 is 33.7 Å². The highest BCUT2D eigenvalue weighted by atomic mass is 16.8. The summed E-state index contributed by atoms with van der Waals surface area (Å²) in [7, 11) is 0. The Kier molecular flexibility index (Phi) is 7.87. The number of amides is 1. The van der Waals surface area contributed by atoms with Gasteiger partial charge < -0.3 is 29.5 Å². The molecule has 32 heavy (non-hydrogen) atoms. The van der Waals surface area contributed by atoms with Crippen molar-refractivity contribution in [3.8, 4) is 0 Å². The predicted octanol–water partition coefficient (Wildman–Crippen LogP) is 2.45. The first kappa shape index (κ1) is 23.7. The molecule has 2 aliphatic heterocycles. The summed E-state index contributed by atoms with van der Waals surface area (Å²) in [6.07, 6.45) is 2.87. The van der Waals surface area contributed by atoms with Gasteiger partial charge in [0.2, 0.25) is 0 Å². The van der Waals surface area contributed by atoms with Crippen molar-refractivity contribution in [2.24, 2.45) is 0 Å². The number of fused-ring (bicyclic) bond motifs is 1. The maximum atomic E-state index is 12.0. The maximum absolute atomic E-state index is 12.0. The molecule has 1 aromatic rings. The van der Waals surface area contributed by atoms with E-state index in [0.29, 0.717) is 31.6 Å². The lowest BCUT2D eigenvalue weighted by molar-refractivity contribution is -0.143. The SMILES string of the molecule is CC1(C)O[C@H]2C=C(C=O)N(CCCCC(NC(=O)OCc3ccccc3)C(=O)O)C[C@H]2O1. The summed E-state index contributed by atoms with van der Waals surface area (Å²) in [6.45, 7) is 4.86. The van der Waals surface area contributed by atoms with Gasteiger partial charge in [0.05, 0.1) is 5.70 Å². The minimum atomic E-state index is -1.12. The van der Waals surface area contributed by atoms with Gasteiger partial charge in [-0.05, 0) is 44.7 Å². The van der Waals surface area contributed by atoms with Gasteiger partial charge in [0.1, 0.15) is 24.9 Å². The Balaban J connectivity index is 1.42. The monoisotopic (exact) mass is 446 g/mol. The first-order valence-corrected chi connectivity index (χ1v) is 10.7. The van der Waals surface area contributed by atoms with E-state index in [1.807, 2.05) is 49.1 Å². The average molecular weight is 447 g/mol. The molecule has 1 fully saturated rings. The lowest BCUT2D eigenvalue weighted by Gasteiger charge is -2.32. The molecule has 9 nitrogen and oxygen atoms in total. The number of allylic oxidation sites excluding steroid dienone is 1. The van der Waals surface area contributed by atoms with E-state index < -0.39 is 23.9 Å². The number of carboxylic acid groups (broad SMARTS) is 1. The Hall–Kier alpha value is -2.91. The Bertz CT molecular complexity index is 840. The number of benzene rings is 1. The summed E-state index contributed by atoms with van der Waals surface area (Å²) in [4.78, 5) is 36.9. The lowest BCUT2D eigenvalue weighted by Crippen LogP contribution is -2.43. The highest BCUT2D eigenvalue weighted by Gasteiger charge is 2.43. The number of aldehydes is 1. The zero-order chi connectivity index (χ0) is 23.1. The topological polar surface area (TPSA) is 114 Å². The fourth-order valence-electron chi connectivity index (χ4n) is 3.89. The molecule has 0 radical (unpaired) electrons. The van der Waals surface area contributed by atoms with Gasteiger partial charge in [-0.3, -0.25) is 4.79 Å². The van der Waals surface area contributed by atoms with Crippen LogP contribution in [0.2, 0.25) is 0 Å². The van der Waals surface area contributed by atoms with Crippen LogP contribution in [-0.4, -0.2) is 65.5 Å². The Labute approximate surface area is 187 Å². The van der Waals surface area contributed by atoms with Gasteiger partial charge in [-0.25, -0.2) is 9.59 Å². The number of nitrogens with one attached hydrogen (secondary N) is 1. The number of unbranched alkanes of at least 4 members (excludes halogenated alkanes) is 1. The van der Waals surface area contributed by atoms with Gasteiger partial charge in [0, 0.05) is 13.1 Å². The average Bonchev–Trinajstić information content (AvgIpc) is 3.06. The van der Waals surface area contributed by atoms with Gasteiger partial charge in [-0.1, -0.05) is 30.3 Å². The Morgan fingerprint density at radius 2 is 2.03 bits per heavy atom. The van der Waals surface area contributed by atoms with Gasteiger partial charge in [0.25, 0.3) is 0 Å². The second kappa shape index (κ2) is 10.6. The molecule has 2 N–H and O–H groups in total. The van der Waals surface area contributed by atoms with Crippen LogP contribution in [0.1, 0.15) is 38.7 Å². The molecular formula is C23H30N2O7. The number of ether oxygens (including phenoxy) is 3. The van der Waals surface area contributed by atoms with E-state index in [1.54, 1.807) is 6.08 Å². The summed E-state index contributed by atoms with van der Waals surface area (Å²) >= 11 is 0. The number of alkyl carbamates (subject to hydrolysis) is 1. The van der Waals surface area contributed by atoms with Crippen molar-refractivity contribution in [2.45, 2.75) is 63.8 Å². The number of rotatable bonds is 10. The number of hydrogen-bond acceptors (Lipinski definition) is 7. The van der Waals surface area contributed by atoms with Crippen LogP contribution in [0.3, 0.4) is 0 Å². The third-order valence-corrected chi connectivity index (χ3v) is 5.42. The number of carbonyl (C=O) groups excluding carboxylic acids is 2. The van der Waals surface area contributed by atoms with Crippen LogP contribution in [0.25, 0.3) is 0 Å². The molecule has 0 aromatic heterocycles. The van der Waals surface area contributed by atoms with Crippen molar-refractivity contribution in [3.05, 3.63) is 47.7 Å². The van der Waals surface area contributed by atoms with E-state index in [4.69, 9.17) is 14.2 Å². The van der Waals surface area contributed by atoms with Crippen LogP contribution in [0.15, 0.2) is 42.1 Å². The number of nitrogens with zero attached hydrogens (tertiary/aromatic N) is 1. The fourth-order valence-corrected chi connectivity index (χ4v) is 3.89. The first-order chi connectivity index (χ1) is 15.3. The van der Waals surface area contributed by atoms with Crippen LogP contribution in [0.4, 0.5) is 4.79 Å². The van der Waals surface area contributed by atoms with E-state index in [0.717, 1.165) is 11.8 Å². The zero-order valence-corrected chi connectivity index (χ0v) is 18.4. The number of aliphatic carboxylic acids is 1. The molecule has 0 saturated carbocycles. The standard InChI is InChI=1S/C23H30N2O7/c1-23(2)31-19-12-17(14-26)25(13-20(19)32-23)11-7-6-10-18(21(27)28)24-22(29)30-15-16-8-4-3-5-9-16/h3-5,8-9,12,14,18-20H,6-7,10-11,13,15H2,1-2H3,(H,24,29)(H,27,28)/t18?,19-,20+/m0/s1. The van der Waals surface area contributed by atoms with Gasteiger partial charge in [0.15, 0.2) is 12.1 Å². The minimum absolute atomic E-state index is 0.0690. The van der Waals surface area contributed by atoms with E-state index in [2.05, 4.69) is 5.32 Å². The van der Waals surface area contributed by atoms with E-state index in [1.165, 1.54) is 0 Å². The molecule has 0 aliphatic carbocycles. The minimum Gasteiger partial charge on any atom is -0.480 e. The van der Waals surface area contributed by atoms with Crippen molar-refractivity contribution in [1.82, 2.24) is 10.2 Å². The van der Waals surface area contributed by atoms with Crippen molar-refractivity contribution in [3.63, 3.8) is 0 Å². The molecule has 1 unspecified atom stereocenters. The normalized spacial score (nSPS) is 22.4. The van der Waals surface area contributed by atoms with Crippen LogP contribution < -0.4 is 5.32 Å². The molecule has 2 aliphatic rings. The summed E-state index contributed by atoms with van der Waals surface area (Å²) in [5.74, 6) is -1.81. The molecule has 1 aromatic carbocycles. The number of carbonyl (C=O) groups is 3. The molecule has 1 amide bonds. The fraction of sp³-hybridized carbons (Fsp3) is 0.522. The third-order valence-electron chi connectivity index (χ3n) is 5.42. The van der Waals surface area contributed by atoms with Crippen LogP contribution in [-0.2, 0) is 30.4 Å². The van der Waals surface area contributed by atoms with Crippen molar-refractivity contribution >= 4 is 18.3 Å². The third kappa shape index (κ3) is 6.54. The molecule has 3 atom stereocenters. The summed E-state index contributed by atoms with van der Waals surface area (Å²) < 4.78 is 16.8.